The van der Waals surface area contributed by atoms with Crippen molar-refractivity contribution < 1.29 is 227 Å². The molecule has 0 heterocycles. The van der Waals surface area contributed by atoms with Crippen molar-refractivity contribution in [1.82, 2.24) is 0 Å². The molecule has 0 aromatic heterocycles. The smallest absolute Gasteiger partial charge is 0.544 e. The Morgan fingerprint density at radius 1 is 0.184 bits per heavy atom. The van der Waals surface area contributed by atoms with Crippen LogP contribution in [0.4, 0.5) is 198 Å². The quantitative estimate of drug-likeness (QED) is 0.119. The topological polar surface area (TPSA) is 120 Å². The Morgan fingerprint density at radius 3 is 0.342 bits per heavy atom. The summed E-state index contributed by atoms with van der Waals surface area (Å²) in [5, 5.41) is 28.9. The molecular weight excluding hydrogens is 1270 g/mol. The molecule has 0 aromatic rings. The molecule has 0 spiro atoms. The number of alkyl halides is 45. The van der Waals surface area contributed by atoms with Crippen molar-refractivity contribution in [2.24, 2.45) is 0 Å². The van der Waals surface area contributed by atoms with Crippen LogP contribution in [0.1, 0.15) is 0 Å². The van der Waals surface area contributed by atoms with Gasteiger partial charge in [0, 0.05) is 0 Å². The Balaban J connectivity index is -0.000000508. The minimum absolute atomic E-state index is 0. The van der Waals surface area contributed by atoms with Crippen LogP contribution in [-0.2, 0) is 14.4 Å². The largest absolute Gasteiger partial charge is 3.00 e. The summed E-state index contributed by atoms with van der Waals surface area (Å²) in [6.45, 7) is 0. The van der Waals surface area contributed by atoms with E-state index >= 15 is 0 Å². The van der Waals surface area contributed by atoms with Gasteiger partial charge in [-0.05, 0) is 0 Å². The van der Waals surface area contributed by atoms with Gasteiger partial charge in [-0.1, -0.05) is 0 Å². The van der Waals surface area contributed by atoms with Crippen LogP contribution >= 0.6 is 0 Å². The summed E-state index contributed by atoms with van der Waals surface area (Å²) in [4.78, 5) is 28.9. The van der Waals surface area contributed by atoms with E-state index < -0.39 is 143 Å². The summed E-state index contributed by atoms with van der Waals surface area (Å²) in [6.07, 6.45) is -48.3. The maximum atomic E-state index is 13.0. The first kappa shape index (κ1) is 78.3. The van der Waals surface area contributed by atoms with Gasteiger partial charge >= 0.3 is 142 Å². The molecule has 0 saturated heterocycles. The van der Waals surface area contributed by atoms with E-state index in [0.29, 0.717) is 0 Å². The third-order valence-electron chi connectivity index (χ3n) is 7.96. The van der Waals surface area contributed by atoms with Crippen LogP contribution in [0.2, 0.25) is 0 Å². The molecular formula is C24AlF45O6. The van der Waals surface area contributed by atoms with Crippen molar-refractivity contribution in [2.75, 3.05) is 0 Å². The van der Waals surface area contributed by atoms with E-state index in [1.54, 1.807) is 0 Å². The van der Waals surface area contributed by atoms with Crippen LogP contribution < -0.4 is 15.3 Å². The number of carbonyl (C=O) groups excluding carboxylic acids is 3. The SMILES string of the molecule is O=C([O-])C(F)(F)C(F)(F)C(F)(F)C(F)(F)C(F)(C(F)(F)F)C(F)(F)F.O=C([O-])C(F)(F)C(F)(F)C(F)(F)C(F)(F)C(F)(C(F)(F)F)C(F)(F)F.O=C([O-])C(F)(F)C(F)(F)C(F)(F)C(F)(F)C(F)(C(F)(F)F)C(F)(F)F.[Al+3]. The minimum atomic E-state index is -8.63. The molecule has 0 bridgehead atoms. The van der Waals surface area contributed by atoms with Crippen LogP contribution in [0, 0.1) is 0 Å². The maximum Gasteiger partial charge on any atom is 3.00 e. The average molecular weight is 1270 g/mol. The Bertz CT molecular complexity index is 1770. The number of halogens is 45. The second-order valence-corrected chi connectivity index (χ2v) is 12.7. The van der Waals surface area contributed by atoms with Gasteiger partial charge in [0.1, 0.15) is 17.9 Å². The van der Waals surface area contributed by atoms with Crippen LogP contribution in [0.25, 0.3) is 0 Å². The maximum absolute atomic E-state index is 13.0. The molecule has 0 N–H and O–H groups in total. The molecule has 0 radical (unpaired) electrons. The molecule has 0 saturated carbocycles. The Hall–Kier alpha value is -4.21. The summed E-state index contributed by atoms with van der Waals surface area (Å²) in [6, 6.07) is 0. The van der Waals surface area contributed by atoms with Gasteiger partial charge in [0.05, 0.1) is 0 Å². The number of carbonyl (C=O) groups is 3. The fraction of sp³-hybridized carbons (Fsp3) is 0.875. The van der Waals surface area contributed by atoms with E-state index in [-0.39, 0.29) is 17.4 Å². The molecule has 0 rings (SSSR count). The van der Waals surface area contributed by atoms with Crippen LogP contribution in [0.15, 0.2) is 0 Å². The third kappa shape index (κ3) is 10.7. The number of hydrogen-bond donors (Lipinski definition) is 0. The molecule has 0 aromatic carbocycles. The summed E-state index contributed by atoms with van der Waals surface area (Å²) in [5.74, 6) is -112. The number of carboxylic acid groups (broad SMARTS) is 3. The van der Waals surface area contributed by atoms with Crippen LogP contribution in [-0.4, -0.2) is 160 Å². The first-order valence-corrected chi connectivity index (χ1v) is 15.0. The van der Waals surface area contributed by atoms with Gasteiger partial charge < -0.3 is 29.7 Å². The van der Waals surface area contributed by atoms with E-state index in [2.05, 4.69) is 0 Å². The predicted molar refractivity (Wildman–Crippen MR) is 128 cm³/mol. The van der Waals surface area contributed by atoms with Gasteiger partial charge in [-0.2, -0.15) is 184 Å². The molecule has 76 heavy (non-hydrogen) atoms. The summed E-state index contributed by atoms with van der Waals surface area (Å²) in [7, 11) is 0. The van der Waals surface area contributed by atoms with Gasteiger partial charge in [0.25, 0.3) is 0 Å². The van der Waals surface area contributed by atoms with E-state index in [4.69, 9.17) is 0 Å². The number of hydrogen-bond acceptors (Lipinski definition) is 6. The molecule has 0 aliphatic carbocycles. The van der Waals surface area contributed by atoms with Crippen molar-refractivity contribution in [3.8, 4) is 0 Å². The summed E-state index contributed by atoms with van der Waals surface area (Å²) >= 11 is 0. The zero-order chi connectivity index (χ0) is 63.2. The van der Waals surface area contributed by atoms with Crippen molar-refractivity contribution in [3.05, 3.63) is 0 Å². The molecule has 52 heteroatoms. The van der Waals surface area contributed by atoms with Gasteiger partial charge in [-0.3, -0.25) is 0 Å². The van der Waals surface area contributed by atoms with Crippen molar-refractivity contribution >= 4 is 35.3 Å². The zero-order valence-electron chi connectivity index (χ0n) is 32.0. The molecule has 0 unspecified atom stereocenters. The molecule has 0 fully saturated rings. The van der Waals surface area contributed by atoms with Crippen molar-refractivity contribution in [3.63, 3.8) is 0 Å². The van der Waals surface area contributed by atoms with Gasteiger partial charge in [-0.15, -0.1) is 0 Å². The molecule has 450 valence electrons. The Morgan fingerprint density at radius 2 is 0.276 bits per heavy atom. The third-order valence-corrected chi connectivity index (χ3v) is 7.96. The molecule has 6 nitrogen and oxygen atoms in total. The Kier molecular flexibility index (Phi) is 20.8. The fourth-order valence-corrected chi connectivity index (χ4v) is 3.77. The fourth-order valence-electron chi connectivity index (χ4n) is 3.77. The monoisotopic (exact) mass is 1270 g/mol. The Labute approximate surface area is 388 Å². The second-order valence-electron chi connectivity index (χ2n) is 12.7. The predicted octanol–water partition coefficient (Wildman–Crippen LogP) is 8.95. The van der Waals surface area contributed by atoms with Crippen LogP contribution in [0.3, 0.4) is 0 Å². The summed E-state index contributed by atoms with van der Waals surface area (Å²) in [5.41, 5.74) is -25.3. The van der Waals surface area contributed by atoms with E-state index in [0.717, 1.165) is 0 Å². The normalized spacial score (nSPS) is 15.9. The van der Waals surface area contributed by atoms with Crippen molar-refractivity contribution in [1.29, 1.82) is 0 Å². The molecule has 0 atom stereocenters. The minimum Gasteiger partial charge on any atom is -0.544 e. The van der Waals surface area contributed by atoms with Gasteiger partial charge in [-0.25, -0.2) is 13.2 Å². The average Bonchev–Trinajstić information content (AvgIpc) is 3.13. The van der Waals surface area contributed by atoms with Crippen molar-refractivity contribution in [2.45, 2.75) is 125 Å². The molecule has 0 aliphatic heterocycles. The molecule has 0 amide bonds. The zero-order valence-corrected chi connectivity index (χ0v) is 33.2. The first-order chi connectivity index (χ1) is 31.3. The number of rotatable bonds is 15. The summed E-state index contributed by atoms with van der Waals surface area (Å²) < 4.78 is 561. The first-order valence-electron chi connectivity index (χ1n) is 15.0. The molecule has 0 aliphatic rings. The standard InChI is InChI=1S/3C8HF15O2.Al/c3*9-2(10,1(24)25)4(12,13)6(16,17)5(14,15)3(11,7(18,19)20)8(21,22)23;/h3*(H,24,25);/q;;;+3/p-3. The second kappa shape index (κ2) is 20.2. The van der Waals surface area contributed by atoms with Gasteiger partial charge in [0.15, 0.2) is 0 Å². The van der Waals surface area contributed by atoms with Gasteiger partial charge in [0.2, 0.25) is 0 Å². The number of carboxylic acids is 3. The van der Waals surface area contributed by atoms with Crippen LogP contribution in [0.5, 0.6) is 0 Å². The van der Waals surface area contributed by atoms with E-state index in [9.17, 15) is 227 Å². The van der Waals surface area contributed by atoms with E-state index in [1.807, 2.05) is 0 Å². The number of aliphatic carboxylic acids is 3. The van der Waals surface area contributed by atoms with E-state index in [1.165, 1.54) is 0 Å².